The molecule has 3 N–H and O–H groups in total. The average Bonchev–Trinajstić information content (AvgIpc) is 2.39. The van der Waals surface area contributed by atoms with E-state index >= 15 is 0 Å². The first-order valence-corrected chi connectivity index (χ1v) is 7.22. The number of carbonyl (C=O) groups excluding carboxylic acids is 2. The van der Waals surface area contributed by atoms with Gasteiger partial charge in [0.05, 0.1) is 5.41 Å². The van der Waals surface area contributed by atoms with Crippen LogP contribution in [0, 0.1) is 5.41 Å². The second-order valence-electron chi connectivity index (χ2n) is 5.51. The SMILES string of the molecule is CCNC(=O)C(C)NC(=O)CC1(C(=O)O)CCCCC1. The lowest BCUT2D eigenvalue weighted by molar-refractivity contribution is -0.154. The summed E-state index contributed by atoms with van der Waals surface area (Å²) in [5.41, 5.74) is -0.955. The molecule has 1 aliphatic rings. The molecule has 0 heterocycles. The topological polar surface area (TPSA) is 95.5 Å². The summed E-state index contributed by atoms with van der Waals surface area (Å²) in [7, 11) is 0. The molecular weight excluding hydrogens is 260 g/mol. The quantitative estimate of drug-likeness (QED) is 0.679. The van der Waals surface area contributed by atoms with E-state index in [0.717, 1.165) is 19.3 Å². The zero-order valence-electron chi connectivity index (χ0n) is 12.2. The van der Waals surface area contributed by atoms with E-state index in [2.05, 4.69) is 10.6 Å². The van der Waals surface area contributed by atoms with Crippen molar-refractivity contribution in [1.82, 2.24) is 10.6 Å². The molecule has 0 aliphatic heterocycles. The first kappa shape index (κ1) is 16.5. The van der Waals surface area contributed by atoms with Gasteiger partial charge >= 0.3 is 5.97 Å². The number of hydrogen-bond donors (Lipinski definition) is 3. The molecule has 0 aromatic carbocycles. The van der Waals surface area contributed by atoms with Gasteiger partial charge in [0.25, 0.3) is 0 Å². The summed E-state index contributed by atoms with van der Waals surface area (Å²) in [5.74, 6) is -1.53. The van der Waals surface area contributed by atoms with Gasteiger partial charge in [-0.25, -0.2) is 0 Å². The highest BCUT2D eigenvalue weighted by molar-refractivity contribution is 5.89. The van der Waals surface area contributed by atoms with Crippen LogP contribution < -0.4 is 10.6 Å². The van der Waals surface area contributed by atoms with Gasteiger partial charge in [0.15, 0.2) is 0 Å². The van der Waals surface area contributed by atoms with Crippen molar-refractivity contribution in [1.29, 1.82) is 0 Å². The smallest absolute Gasteiger partial charge is 0.310 e. The molecule has 0 aromatic heterocycles. The van der Waals surface area contributed by atoms with Crippen molar-refractivity contribution in [3.8, 4) is 0 Å². The highest BCUT2D eigenvalue weighted by Crippen LogP contribution is 2.39. The summed E-state index contributed by atoms with van der Waals surface area (Å²) in [6, 6.07) is -0.642. The molecule has 0 aromatic rings. The van der Waals surface area contributed by atoms with Gasteiger partial charge in [-0.05, 0) is 26.7 Å². The molecule has 6 heteroatoms. The van der Waals surface area contributed by atoms with Crippen LogP contribution in [-0.2, 0) is 14.4 Å². The summed E-state index contributed by atoms with van der Waals surface area (Å²) in [6.07, 6.45) is 3.71. The monoisotopic (exact) mass is 284 g/mol. The predicted molar refractivity (Wildman–Crippen MR) is 74.1 cm³/mol. The molecule has 2 amide bonds. The van der Waals surface area contributed by atoms with Crippen LogP contribution in [-0.4, -0.2) is 35.5 Å². The minimum Gasteiger partial charge on any atom is -0.481 e. The van der Waals surface area contributed by atoms with Gasteiger partial charge in [0.1, 0.15) is 6.04 Å². The fourth-order valence-corrected chi connectivity index (χ4v) is 2.69. The predicted octanol–water partition coefficient (Wildman–Crippen LogP) is 1.05. The molecular formula is C14H24N2O4. The lowest BCUT2D eigenvalue weighted by Crippen LogP contribution is -2.47. The Morgan fingerprint density at radius 1 is 1.20 bits per heavy atom. The third kappa shape index (κ3) is 4.21. The Morgan fingerprint density at radius 3 is 2.30 bits per heavy atom. The van der Waals surface area contributed by atoms with Crippen LogP contribution in [0.5, 0.6) is 0 Å². The third-order valence-corrected chi connectivity index (χ3v) is 3.89. The van der Waals surface area contributed by atoms with Crippen LogP contribution in [0.4, 0.5) is 0 Å². The van der Waals surface area contributed by atoms with E-state index < -0.39 is 17.4 Å². The molecule has 0 radical (unpaired) electrons. The summed E-state index contributed by atoms with van der Waals surface area (Å²) < 4.78 is 0. The van der Waals surface area contributed by atoms with Crippen molar-refractivity contribution in [3.63, 3.8) is 0 Å². The normalized spacial score (nSPS) is 18.9. The maximum atomic E-state index is 12.0. The minimum absolute atomic E-state index is 0.0495. The molecule has 114 valence electrons. The number of likely N-dealkylation sites (N-methyl/N-ethyl adjacent to an activating group) is 1. The maximum absolute atomic E-state index is 12.0. The number of hydrogen-bond acceptors (Lipinski definition) is 3. The standard InChI is InChI=1S/C14H24N2O4/c1-3-15-12(18)10(2)16-11(17)9-14(13(19)20)7-5-4-6-8-14/h10H,3-9H2,1-2H3,(H,15,18)(H,16,17)(H,19,20). The van der Waals surface area contributed by atoms with Crippen LogP contribution in [0.1, 0.15) is 52.4 Å². The lowest BCUT2D eigenvalue weighted by Gasteiger charge is -2.32. The summed E-state index contributed by atoms with van der Waals surface area (Å²) in [6.45, 7) is 3.89. The molecule has 20 heavy (non-hydrogen) atoms. The van der Waals surface area contributed by atoms with Gasteiger partial charge < -0.3 is 15.7 Å². The van der Waals surface area contributed by atoms with Crippen molar-refractivity contribution in [3.05, 3.63) is 0 Å². The molecule has 1 unspecified atom stereocenters. The van der Waals surface area contributed by atoms with Gasteiger partial charge in [0.2, 0.25) is 11.8 Å². The van der Waals surface area contributed by atoms with E-state index in [1.807, 2.05) is 0 Å². The van der Waals surface area contributed by atoms with Crippen LogP contribution in [0.3, 0.4) is 0 Å². The molecule has 1 fully saturated rings. The van der Waals surface area contributed by atoms with E-state index in [1.54, 1.807) is 13.8 Å². The second-order valence-corrected chi connectivity index (χ2v) is 5.51. The van der Waals surface area contributed by atoms with E-state index in [1.165, 1.54) is 0 Å². The van der Waals surface area contributed by atoms with Gasteiger partial charge in [-0.3, -0.25) is 14.4 Å². The average molecular weight is 284 g/mol. The zero-order valence-corrected chi connectivity index (χ0v) is 12.2. The Morgan fingerprint density at radius 2 is 1.80 bits per heavy atom. The molecule has 0 bridgehead atoms. The van der Waals surface area contributed by atoms with Crippen molar-refractivity contribution in [2.45, 2.75) is 58.4 Å². The number of rotatable bonds is 6. The summed E-state index contributed by atoms with van der Waals surface area (Å²) in [4.78, 5) is 35.0. The number of carbonyl (C=O) groups is 3. The van der Waals surface area contributed by atoms with Crippen LogP contribution in [0.15, 0.2) is 0 Å². The number of aliphatic carboxylic acids is 1. The summed E-state index contributed by atoms with van der Waals surface area (Å²) >= 11 is 0. The van der Waals surface area contributed by atoms with Crippen LogP contribution in [0.2, 0.25) is 0 Å². The summed E-state index contributed by atoms with van der Waals surface area (Å²) in [5, 5.41) is 14.6. The number of carboxylic acids is 1. The van der Waals surface area contributed by atoms with Gasteiger partial charge in [-0.15, -0.1) is 0 Å². The molecule has 0 saturated heterocycles. The fourth-order valence-electron chi connectivity index (χ4n) is 2.69. The van der Waals surface area contributed by atoms with Crippen LogP contribution >= 0.6 is 0 Å². The Kier molecular flexibility index (Phi) is 5.98. The largest absolute Gasteiger partial charge is 0.481 e. The highest BCUT2D eigenvalue weighted by atomic mass is 16.4. The third-order valence-electron chi connectivity index (χ3n) is 3.89. The Labute approximate surface area is 119 Å². The number of carboxylic acid groups (broad SMARTS) is 1. The van der Waals surface area contributed by atoms with Gasteiger partial charge in [0, 0.05) is 13.0 Å². The molecule has 6 nitrogen and oxygen atoms in total. The van der Waals surface area contributed by atoms with E-state index in [0.29, 0.717) is 19.4 Å². The van der Waals surface area contributed by atoms with Gasteiger partial charge in [-0.1, -0.05) is 19.3 Å². The minimum atomic E-state index is -0.955. The second kappa shape index (κ2) is 7.26. The van der Waals surface area contributed by atoms with E-state index in [9.17, 15) is 19.5 Å². The first-order chi connectivity index (χ1) is 9.41. The Bertz CT molecular complexity index is 375. The van der Waals surface area contributed by atoms with Crippen LogP contribution in [0.25, 0.3) is 0 Å². The molecule has 1 saturated carbocycles. The Hall–Kier alpha value is -1.59. The number of nitrogens with one attached hydrogen (secondary N) is 2. The zero-order chi connectivity index (χ0) is 15.2. The maximum Gasteiger partial charge on any atom is 0.310 e. The number of amides is 2. The van der Waals surface area contributed by atoms with Crippen molar-refractivity contribution < 1.29 is 19.5 Å². The molecule has 1 atom stereocenters. The van der Waals surface area contributed by atoms with Crippen molar-refractivity contribution >= 4 is 17.8 Å². The lowest BCUT2D eigenvalue weighted by atomic mass is 9.71. The van der Waals surface area contributed by atoms with E-state index in [4.69, 9.17) is 0 Å². The Balaban J connectivity index is 2.59. The van der Waals surface area contributed by atoms with Gasteiger partial charge in [-0.2, -0.15) is 0 Å². The molecule has 0 spiro atoms. The highest BCUT2D eigenvalue weighted by Gasteiger charge is 2.41. The van der Waals surface area contributed by atoms with Crippen molar-refractivity contribution in [2.75, 3.05) is 6.54 Å². The first-order valence-electron chi connectivity index (χ1n) is 7.22. The van der Waals surface area contributed by atoms with E-state index in [-0.39, 0.29) is 18.2 Å². The molecule has 1 aliphatic carbocycles. The molecule has 1 rings (SSSR count). The van der Waals surface area contributed by atoms with Crippen molar-refractivity contribution in [2.24, 2.45) is 5.41 Å². The fraction of sp³-hybridized carbons (Fsp3) is 0.786.